The fourth-order valence-corrected chi connectivity index (χ4v) is 2.24. The van der Waals surface area contributed by atoms with Crippen LogP contribution in [0, 0.1) is 0 Å². The van der Waals surface area contributed by atoms with Crippen LogP contribution < -0.4 is 10.6 Å². The number of nitrogens with one attached hydrogen (secondary N) is 2. The van der Waals surface area contributed by atoms with E-state index in [0.717, 1.165) is 38.2 Å². The molecule has 0 atom stereocenters. The van der Waals surface area contributed by atoms with Crippen LogP contribution in [-0.2, 0) is 4.79 Å². The Morgan fingerprint density at radius 3 is 2.26 bits per heavy atom. The van der Waals surface area contributed by atoms with Gasteiger partial charge in [-0.05, 0) is 43.8 Å². The van der Waals surface area contributed by atoms with E-state index in [-0.39, 0.29) is 11.8 Å². The zero-order chi connectivity index (χ0) is 17.1. The predicted molar refractivity (Wildman–Crippen MR) is 94.7 cm³/mol. The van der Waals surface area contributed by atoms with E-state index >= 15 is 0 Å². The Bertz CT molecular complexity index is 482. The smallest absolute Gasteiger partial charge is 0.251 e. The first-order chi connectivity index (χ1) is 11.1. The monoisotopic (exact) mass is 319 g/mol. The van der Waals surface area contributed by atoms with Crippen LogP contribution >= 0.6 is 0 Å². The first-order valence-electron chi connectivity index (χ1n) is 8.51. The molecule has 2 N–H and O–H groups in total. The number of rotatable bonds is 10. The second kappa shape index (κ2) is 10.8. The average molecular weight is 319 g/mol. The molecule has 0 aliphatic rings. The van der Waals surface area contributed by atoms with Gasteiger partial charge in [-0.3, -0.25) is 9.59 Å². The maximum Gasteiger partial charge on any atom is 0.251 e. The van der Waals surface area contributed by atoms with Crippen molar-refractivity contribution in [2.45, 2.75) is 40.0 Å². The first kappa shape index (κ1) is 19.2. The second-order valence-electron chi connectivity index (χ2n) is 5.51. The van der Waals surface area contributed by atoms with Gasteiger partial charge in [0.25, 0.3) is 5.91 Å². The van der Waals surface area contributed by atoms with Crippen LogP contribution in [0.4, 0.5) is 5.69 Å². The molecule has 0 saturated carbocycles. The fraction of sp³-hybridized carbons (Fsp3) is 0.556. The minimum absolute atomic E-state index is 0.0169. The second-order valence-corrected chi connectivity index (χ2v) is 5.51. The Balaban J connectivity index is 2.43. The maximum absolute atomic E-state index is 12.1. The van der Waals surface area contributed by atoms with Gasteiger partial charge in [0.1, 0.15) is 0 Å². The van der Waals surface area contributed by atoms with E-state index in [1.165, 1.54) is 0 Å². The molecule has 0 spiro atoms. The summed E-state index contributed by atoms with van der Waals surface area (Å²) in [5.74, 6) is -0.0655. The molecule has 128 valence electrons. The van der Waals surface area contributed by atoms with Gasteiger partial charge in [-0.15, -0.1) is 0 Å². The Hall–Kier alpha value is -1.88. The minimum atomic E-state index is -0.0824. The van der Waals surface area contributed by atoms with Crippen LogP contribution in [0.1, 0.15) is 50.4 Å². The van der Waals surface area contributed by atoms with Gasteiger partial charge >= 0.3 is 0 Å². The highest BCUT2D eigenvalue weighted by Crippen LogP contribution is 2.10. The number of unbranched alkanes of at least 4 members (excludes halogenated alkanes) is 1. The molecule has 0 aliphatic carbocycles. The molecule has 1 rings (SSSR count). The molecule has 0 heterocycles. The third kappa shape index (κ3) is 7.28. The summed E-state index contributed by atoms with van der Waals surface area (Å²) in [4.78, 5) is 26.0. The molecule has 0 bridgehead atoms. The molecule has 0 saturated heterocycles. The van der Waals surface area contributed by atoms with E-state index < -0.39 is 0 Å². The summed E-state index contributed by atoms with van der Waals surface area (Å²) in [6.45, 7) is 9.73. The van der Waals surface area contributed by atoms with Crippen molar-refractivity contribution >= 4 is 17.5 Å². The lowest BCUT2D eigenvalue weighted by atomic mass is 10.2. The highest BCUT2D eigenvalue weighted by Gasteiger charge is 2.07. The van der Waals surface area contributed by atoms with E-state index in [4.69, 9.17) is 0 Å². The molecule has 2 amide bonds. The number of carbonyl (C=O) groups is 2. The summed E-state index contributed by atoms with van der Waals surface area (Å²) in [6, 6.07) is 7.01. The third-order valence-electron chi connectivity index (χ3n) is 3.80. The topological polar surface area (TPSA) is 61.4 Å². The number of nitrogens with zero attached hydrogens (tertiary/aromatic N) is 1. The minimum Gasteiger partial charge on any atom is -0.351 e. The lowest BCUT2D eigenvalue weighted by Gasteiger charge is -2.17. The number of carbonyl (C=O) groups excluding carboxylic acids is 2. The molecule has 5 heteroatoms. The van der Waals surface area contributed by atoms with E-state index in [1.807, 2.05) is 0 Å². The third-order valence-corrected chi connectivity index (χ3v) is 3.80. The number of amides is 2. The number of likely N-dealkylation sites (N-methyl/N-ethyl adjacent to an activating group) is 1. The molecular formula is C18H29N3O2. The molecule has 1 aromatic carbocycles. The Morgan fingerprint density at radius 2 is 1.70 bits per heavy atom. The summed E-state index contributed by atoms with van der Waals surface area (Å²) >= 11 is 0. The Labute approximate surface area is 139 Å². The lowest BCUT2D eigenvalue weighted by Crippen LogP contribution is -2.34. The van der Waals surface area contributed by atoms with Crippen molar-refractivity contribution in [1.82, 2.24) is 10.2 Å². The highest BCUT2D eigenvalue weighted by molar-refractivity contribution is 5.95. The van der Waals surface area contributed by atoms with Crippen molar-refractivity contribution in [3.63, 3.8) is 0 Å². The van der Waals surface area contributed by atoms with Gasteiger partial charge in [0.15, 0.2) is 0 Å². The van der Waals surface area contributed by atoms with Crippen molar-refractivity contribution in [3.05, 3.63) is 29.8 Å². The molecule has 0 aliphatic heterocycles. The number of hydrogen-bond acceptors (Lipinski definition) is 3. The van der Waals surface area contributed by atoms with Crippen LogP contribution in [0.15, 0.2) is 24.3 Å². The summed E-state index contributed by atoms with van der Waals surface area (Å²) in [7, 11) is 0. The summed E-state index contributed by atoms with van der Waals surface area (Å²) < 4.78 is 0. The standard InChI is InChI=1S/C18H29N3O2/c1-4-7-8-17(22)20-16-11-9-15(10-12-16)18(23)19-13-14-21(5-2)6-3/h9-12H,4-8,13-14H2,1-3H3,(H,19,23)(H,20,22). The van der Waals surface area contributed by atoms with Gasteiger partial charge in [0, 0.05) is 30.8 Å². The van der Waals surface area contributed by atoms with Gasteiger partial charge in [-0.2, -0.15) is 0 Å². The van der Waals surface area contributed by atoms with Crippen molar-refractivity contribution < 1.29 is 9.59 Å². The van der Waals surface area contributed by atoms with Crippen molar-refractivity contribution in [1.29, 1.82) is 0 Å². The van der Waals surface area contributed by atoms with Crippen LogP contribution in [0.5, 0.6) is 0 Å². The summed E-state index contributed by atoms with van der Waals surface area (Å²) in [5.41, 5.74) is 1.34. The largest absolute Gasteiger partial charge is 0.351 e. The molecule has 0 radical (unpaired) electrons. The van der Waals surface area contributed by atoms with Crippen LogP contribution in [0.2, 0.25) is 0 Å². The fourth-order valence-electron chi connectivity index (χ4n) is 2.24. The van der Waals surface area contributed by atoms with Gasteiger partial charge in [0.2, 0.25) is 5.91 Å². The molecule has 5 nitrogen and oxygen atoms in total. The Morgan fingerprint density at radius 1 is 1.04 bits per heavy atom. The quantitative estimate of drug-likeness (QED) is 0.697. The van der Waals surface area contributed by atoms with Gasteiger partial charge in [0.05, 0.1) is 0 Å². The van der Waals surface area contributed by atoms with Gasteiger partial charge in [-0.1, -0.05) is 27.2 Å². The molecule has 0 aromatic heterocycles. The zero-order valence-corrected chi connectivity index (χ0v) is 14.5. The molecule has 23 heavy (non-hydrogen) atoms. The summed E-state index contributed by atoms with van der Waals surface area (Å²) in [6.07, 6.45) is 2.42. The van der Waals surface area contributed by atoms with Crippen molar-refractivity contribution in [3.8, 4) is 0 Å². The SMILES string of the molecule is CCCCC(=O)Nc1ccc(C(=O)NCCN(CC)CC)cc1. The van der Waals surface area contributed by atoms with E-state index in [0.29, 0.717) is 18.5 Å². The first-order valence-corrected chi connectivity index (χ1v) is 8.51. The maximum atomic E-state index is 12.1. The number of hydrogen-bond donors (Lipinski definition) is 2. The van der Waals surface area contributed by atoms with E-state index in [2.05, 4.69) is 36.3 Å². The van der Waals surface area contributed by atoms with Crippen LogP contribution in [0.3, 0.4) is 0 Å². The van der Waals surface area contributed by atoms with E-state index in [9.17, 15) is 9.59 Å². The summed E-state index contributed by atoms with van der Waals surface area (Å²) in [5, 5.41) is 5.76. The molecular weight excluding hydrogens is 290 g/mol. The molecule has 1 aromatic rings. The molecule has 0 fully saturated rings. The predicted octanol–water partition coefficient (Wildman–Crippen LogP) is 2.89. The zero-order valence-electron chi connectivity index (χ0n) is 14.5. The lowest BCUT2D eigenvalue weighted by molar-refractivity contribution is -0.116. The van der Waals surface area contributed by atoms with Gasteiger partial charge < -0.3 is 15.5 Å². The molecule has 0 unspecified atom stereocenters. The van der Waals surface area contributed by atoms with Crippen molar-refractivity contribution in [2.24, 2.45) is 0 Å². The van der Waals surface area contributed by atoms with Crippen LogP contribution in [0.25, 0.3) is 0 Å². The number of anilines is 1. The average Bonchev–Trinajstić information content (AvgIpc) is 2.57. The van der Waals surface area contributed by atoms with Crippen LogP contribution in [-0.4, -0.2) is 42.9 Å². The highest BCUT2D eigenvalue weighted by atomic mass is 16.2. The van der Waals surface area contributed by atoms with Crippen molar-refractivity contribution in [2.75, 3.05) is 31.5 Å². The van der Waals surface area contributed by atoms with E-state index in [1.54, 1.807) is 24.3 Å². The number of benzene rings is 1. The Kier molecular flexibility index (Phi) is 8.98. The normalized spacial score (nSPS) is 10.6. The van der Waals surface area contributed by atoms with Gasteiger partial charge in [-0.25, -0.2) is 0 Å².